The number of carbonyl (C=O) groups is 1. The first-order chi connectivity index (χ1) is 11.5. The number of carboxylic acids is 1. The largest absolute Gasteiger partial charge is 0.481 e. The van der Waals surface area contributed by atoms with Crippen LogP contribution in [0.25, 0.3) is 10.4 Å². The molecular weight excluding hydrogens is 342 g/mol. The predicted molar refractivity (Wildman–Crippen MR) is 96.7 cm³/mol. The lowest BCUT2D eigenvalue weighted by Gasteiger charge is -2.48. The number of azide groups is 1. The molecule has 0 radical (unpaired) electrons. The van der Waals surface area contributed by atoms with Crippen LogP contribution in [0.15, 0.2) is 29.4 Å². The van der Waals surface area contributed by atoms with Gasteiger partial charge in [-0.3, -0.25) is 4.79 Å². The van der Waals surface area contributed by atoms with E-state index in [0.29, 0.717) is 17.9 Å². The van der Waals surface area contributed by atoms with E-state index in [2.05, 4.69) is 10.0 Å². The molecular formula is C18H24ClN3O3. The highest BCUT2D eigenvalue weighted by atomic mass is 35.5. The van der Waals surface area contributed by atoms with Crippen LogP contribution in [-0.2, 0) is 9.53 Å². The Labute approximate surface area is 152 Å². The summed E-state index contributed by atoms with van der Waals surface area (Å²) in [5.74, 6) is -1.58. The molecule has 6 nitrogen and oxygen atoms in total. The first-order valence-electron chi connectivity index (χ1n) is 8.27. The van der Waals surface area contributed by atoms with Crippen LogP contribution in [0.3, 0.4) is 0 Å². The second-order valence-corrected chi connectivity index (χ2v) is 8.29. The Hall–Kier alpha value is -1.75. The van der Waals surface area contributed by atoms with Gasteiger partial charge in [0, 0.05) is 15.9 Å². The van der Waals surface area contributed by atoms with E-state index in [1.165, 1.54) is 0 Å². The molecule has 7 heteroatoms. The van der Waals surface area contributed by atoms with Gasteiger partial charge in [0.15, 0.2) is 0 Å². The molecule has 1 aliphatic heterocycles. The van der Waals surface area contributed by atoms with Crippen molar-refractivity contribution in [2.75, 3.05) is 0 Å². The average molecular weight is 366 g/mol. The number of aliphatic carboxylic acids is 1. The van der Waals surface area contributed by atoms with Crippen molar-refractivity contribution in [3.8, 4) is 0 Å². The van der Waals surface area contributed by atoms with Gasteiger partial charge < -0.3 is 9.84 Å². The summed E-state index contributed by atoms with van der Waals surface area (Å²) < 4.78 is 6.12. The van der Waals surface area contributed by atoms with Gasteiger partial charge >= 0.3 is 5.97 Å². The molecule has 1 N–H and O–H groups in total. The third-order valence-corrected chi connectivity index (χ3v) is 4.84. The molecule has 1 heterocycles. The molecule has 2 rings (SSSR count). The fourth-order valence-electron chi connectivity index (χ4n) is 4.15. The van der Waals surface area contributed by atoms with Gasteiger partial charge in [-0.25, -0.2) is 0 Å². The minimum absolute atomic E-state index is 0.00785. The van der Waals surface area contributed by atoms with E-state index in [-0.39, 0.29) is 5.92 Å². The number of nitrogens with zero attached hydrogens (tertiary/aromatic N) is 3. The quantitative estimate of drug-likeness (QED) is 0.442. The van der Waals surface area contributed by atoms with E-state index in [1.807, 2.05) is 39.8 Å². The second kappa shape index (κ2) is 7.24. The summed E-state index contributed by atoms with van der Waals surface area (Å²) in [4.78, 5) is 14.6. The molecule has 0 saturated carbocycles. The molecule has 1 aromatic carbocycles. The summed E-state index contributed by atoms with van der Waals surface area (Å²) in [7, 11) is 0. The summed E-state index contributed by atoms with van der Waals surface area (Å²) in [5.41, 5.74) is 8.90. The van der Waals surface area contributed by atoms with Gasteiger partial charge in [-0.05, 0) is 69.7 Å². The lowest BCUT2D eigenvalue weighted by Crippen LogP contribution is -2.48. The maximum Gasteiger partial charge on any atom is 0.313 e. The SMILES string of the molecule is CC1(C)CC([C@H](c2ccc(Cl)cc2)[C@H](N=[N+]=[N-])C(=O)O)CC(C)(C)O1. The zero-order chi connectivity index (χ0) is 18.8. The normalized spacial score (nSPS) is 21.8. The Kier molecular flexibility index (Phi) is 5.67. The van der Waals surface area contributed by atoms with E-state index in [4.69, 9.17) is 21.9 Å². The summed E-state index contributed by atoms with van der Waals surface area (Å²) in [6, 6.07) is 5.90. The summed E-state index contributed by atoms with van der Waals surface area (Å²) in [6.07, 6.45) is 1.35. The van der Waals surface area contributed by atoms with Crippen molar-refractivity contribution < 1.29 is 14.6 Å². The Morgan fingerprint density at radius 1 is 1.28 bits per heavy atom. The van der Waals surface area contributed by atoms with Gasteiger partial charge in [0.05, 0.1) is 11.2 Å². The predicted octanol–water partition coefficient (Wildman–Crippen LogP) is 5.17. The molecule has 0 amide bonds. The van der Waals surface area contributed by atoms with Crippen LogP contribution in [0.4, 0.5) is 0 Å². The average Bonchev–Trinajstić information content (AvgIpc) is 2.45. The van der Waals surface area contributed by atoms with Crippen LogP contribution in [0, 0.1) is 5.92 Å². The number of hydrogen-bond donors (Lipinski definition) is 1. The first kappa shape index (κ1) is 19.6. The summed E-state index contributed by atoms with van der Waals surface area (Å²) >= 11 is 5.98. The fraction of sp³-hybridized carbons (Fsp3) is 0.611. The Morgan fingerprint density at radius 3 is 2.24 bits per heavy atom. The number of benzene rings is 1. The topological polar surface area (TPSA) is 95.3 Å². The van der Waals surface area contributed by atoms with Gasteiger partial charge in [0.1, 0.15) is 6.04 Å². The molecule has 25 heavy (non-hydrogen) atoms. The molecule has 0 aliphatic carbocycles. The van der Waals surface area contributed by atoms with E-state index < -0.39 is 29.1 Å². The maximum absolute atomic E-state index is 11.8. The lowest BCUT2D eigenvalue weighted by molar-refractivity contribution is -0.177. The third-order valence-electron chi connectivity index (χ3n) is 4.59. The highest BCUT2D eigenvalue weighted by Crippen LogP contribution is 2.46. The smallest absolute Gasteiger partial charge is 0.313 e. The van der Waals surface area contributed by atoms with E-state index in [9.17, 15) is 9.90 Å². The van der Waals surface area contributed by atoms with Crippen molar-refractivity contribution in [3.05, 3.63) is 45.3 Å². The maximum atomic E-state index is 11.8. The van der Waals surface area contributed by atoms with Gasteiger partial charge in [-0.2, -0.15) is 0 Å². The van der Waals surface area contributed by atoms with Crippen LogP contribution < -0.4 is 0 Å². The van der Waals surface area contributed by atoms with Crippen LogP contribution in [0.1, 0.15) is 52.0 Å². The number of halogens is 1. The number of hydrogen-bond acceptors (Lipinski definition) is 3. The number of carboxylic acid groups (broad SMARTS) is 1. The van der Waals surface area contributed by atoms with Gasteiger partial charge in [-0.15, -0.1) is 0 Å². The van der Waals surface area contributed by atoms with E-state index >= 15 is 0 Å². The molecule has 0 bridgehead atoms. The van der Waals surface area contributed by atoms with Crippen LogP contribution >= 0.6 is 11.6 Å². The minimum atomic E-state index is -1.18. The monoisotopic (exact) mass is 365 g/mol. The third kappa shape index (κ3) is 4.88. The van der Waals surface area contributed by atoms with E-state index in [0.717, 1.165) is 5.56 Å². The highest BCUT2D eigenvalue weighted by Gasteiger charge is 2.45. The van der Waals surface area contributed by atoms with Crippen LogP contribution in [0.5, 0.6) is 0 Å². The van der Waals surface area contributed by atoms with Gasteiger partial charge in [-0.1, -0.05) is 28.8 Å². The summed E-state index contributed by atoms with van der Waals surface area (Å²) in [6.45, 7) is 8.01. The van der Waals surface area contributed by atoms with Crippen LogP contribution in [-0.4, -0.2) is 28.3 Å². The van der Waals surface area contributed by atoms with E-state index in [1.54, 1.807) is 12.1 Å². The molecule has 0 unspecified atom stereocenters. The van der Waals surface area contributed by atoms with Crippen molar-refractivity contribution in [1.29, 1.82) is 0 Å². The zero-order valence-corrected chi connectivity index (χ0v) is 15.7. The van der Waals surface area contributed by atoms with Crippen molar-refractivity contribution in [3.63, 3.8) is 0 Å². The molecule has 0 spiro atoms. The molecule has 1 saturated heterocycles. The second-order valence-electron chi connectivity index (χ2n) is 7.86. The highest BCUT2D eigenvalue weighted by molar-refractivity contribution is 6.30. The van der Waals surface area contributed by atoms with Crippen LogP contribution in [0.2, 0.25) is 5.02 Å². The molecule has 136 valence electrons. The standard InChI is InChI=1S/C18H24ClN3O3/c1-17(2)9-12(10-18(3,4)25-17)14(15(16(23)24)21-22-20)11-5-7-13(19)8-6-11/h5-8,12,14-15H,9-10H2,1-4H3,(H,23,24)/t14-,15-/m0/s1. The molecule has 1 aromatic rings. The number of ether oxygens (including phenoxy) is 1. The molecule has 2 atom stereocenters. The van der Waals surface area contributed by atoms with Crippen molar-refractivity contribution in [2.24, 2.45) is 11.0 Å². The lowest BCUT2D eigenvalue weighted by atomic mass is 9.69. The molecule has 0 aromatic heterocycles. The zero-order valence-electron chi connectivity index (χ0n) is 14.9. The van der Waals surface area contributed by atoms with Gasteiger partial charge in [0.2, 0.25) is 0 Å². The molecule has 1 aliphatic rings. The Morgan fingerprint density at radius 2 is 1.80 bits per heavy atom. The van der Waals surface area contributed by atoms with Crippen molar-refractivity contribution in [2.45, 2.75) is 63.7 Å². The summed E-state index contributed by atoms with van der Waals surface area (Å²) in [5, 5.41) is 13.8. The first-order valence-corrected chi connectivity index (χ1v) is 8.65. The molecule has 1 fully saturated rings. The Balaban J connectivity index is 2.51. The minimum Gasteiger partial charge on any atom is -0.481 e. The number of rotatable bonds is 5. The van der Waals surface area contributed by atoms with Crippen molar-refractivity contribution >= 4 is 17.6 Å². The van der Waals surface area contributed by atoms with Gasteiger partial charge in [0.25, 0.3) is 0 Å². The van der Waals surface area contributed by atoms with Crippen molar-refractivity contribution in [1.82, 2.24) is 0 Å². The fourth-order valence-corrected chi connectivity index (χ4v) is 4.27. The Bertz CT molecular complexity index is 663.